The highest BCUT2D eigenvalue weighted by Crippen LogP contribution is 2.48. The van der Waals surface area contributed by atoms with Crippen molar-refractivity contribution in [2.75, 3.05) is 19.7 Å². The lowest BCUT2D eigenvalue weighted by Crippen LogP contribution is -2.53. The Balaban J connectivity index is 1.19. The Kier molecular flexibility index (Phi) is 5.80. The summed E-state index contributed by atoms with van der Waals surface area (Å²) in [6, 6.07) is 16.0. The number of carbonyl (C=O) groups excluding carboxylic acids is 2. The zero-order valence-corrected chi connectivity index (χ0v) is 19.3. The molecule has 7 heteroatoms. The highest BCUT2D eigenvalue weighted by atomic mass is 16.5. The molecule has 2 atom stereocenters. The highest BCUT2D eigenvalue weighted by Gasteiger charge is 2.53. The van der Waals surface area contributed by atoms with Crippen LogP contribution >= 0.6 is 0 Å². The van der Waals surface area contributed by atoms with E-state index in [0.29, 0.717) is 32.2 Å². The van der Waals surface area contributed by atoms with Gasteiger partial charge in [0.05, 0.1) is 11.3 Å². The number of amides is 2. The number of benzene rings is 2. The van der Waals surface area contributed by atoms with Gasteiger partial charge in [0, 0.05) is 25.0 Å². The molecule has 0 bridgehead atoms. The minimum Gasteiger partial charge on any atom is -0.481 e. The number of ether oxygens (including phenoxy) is 1. The minimum atomic E-state index is -0.855. The van der Waals surface area contributed by atoms with Crippen LogP contribution in [0, 0.1) is 11.3 Å². The van der Waals surface area contributed by atoms with Gasteiger partial charge in [0.1, 0.15) is 6.61 Å². The van der Waals surface area contributed by atoms with Crippen molar-refractivity contribution in [2.24, 2.45) is 11.3 Å². The second-order valence-electron chi connectivity index (χ2n) is 9.79. The number of likely N-dealkylation sites (tertiary alicyclic amines) is 1. The molecule has 2 aliphatic carbocycles. The molecule has 178 valence electrons. The molecular weight excluding hydrogens is 432 g/mol. The van der Waals surface area contributed by atoms with Crippen LogP contribution in [0.5, 0.6) is 0 Å². The Morgan fingerprint density at radius 1 is 1.06 bits per heavy atom. The van der Waals surface area contributed by atoms with Crippen LogP contribution in [0.2, 0.25) is 0 Å². The molecule has 2 N–H and O–H groups in total. The lowest BCUT2D eigenvalue weighted by molar-refractivity contribution is -0.151. The van der Waals surface area contributed by atoms with E-state index in [0.717, 1.165) is 11.1 Å². The van der Waals surface area contributed by atoms with Gasteiger partial charge in [-0.3, -0.25) is 9.59 Å². The second-order valence-corrected chi connectivity index (χ2v) is 9.79. The Morgan fingerprint density at radius 3 is 2.26 bits per heavy atom. The van der Waals surface area contributed by atoms with E-state index in [1.54, 1.807) is 4.90 Å². The van der Waals surface area contributed by atoms with E-state index in [1.165, 1.54) is 11.1 Å². The SMILES string of the molecule is C[C@@H]1[C@H](C(=O)O)CCCN1C(=O)C1(CNC(=O)OCC2c3ccccc3-c3ccccc32)CC1. The first-order chi connectivity index (χ1) is 16.4. The molecule has 2 amide bonds. The van der Waals surface area contributed by atoms with Crippen molar-refractivity contribution in [1.29, 1.82) is 0 Å². The van der Waals surface area contributed by atoms with Crippen molar-refractivity contribution in [3.63, 3.8) is 0 Å². The maximum atomic E-state index is 13.3. The number of aliphatic carboxylic acids is 1. The van der Waals surface area contributed by atoms with Crippen LogP contribution in [-0.2, 0) is 14.3 Å². The number of rotatable bonds is 6. The molecule has 2 aromatic rings. The first kappa shape index (κ1) is 22.4. The summed E-state index contributed by atoms with van der Waals surface area (Å²) in [5.41, 5.74) is 4.00. The van der Waals surface area contributed by atoms with E-state index < -0.39 is 23.4 Å². The number of piperidine rings is 1. The molecule has 2 aromatic carbocycles. The molecule has 1 saturated heterocycles. The summed E-state index contributed by atoms with van der Waals surface area (Å²) >= 11 is 0. The van der Waals surface area contributed by atoms with E-state index in [4.69, 9.17) is 4.74 Å². The summed E-state index contributed by atoms with van der Waals surface area (Å²) in [5, 5.41) is 12.3. The standard InChI is InChI=1S/C27H30N2O5/c1-17-18(24(30)31)11-6-14-29(17)25(32)27(12-13-27)16-28-26(33)34-15-23-21-9-4-2-7-19(21)20-8-3-5-10-22(20)23/h2-5,7-10,17-18,23H,6,11-16H2,1H3,(H,28,33)(H,30,31)/t17-,18-/m1/s1. The Hall–Kier alpha value is -3.35. The fraction of sp³-hybridized carbons (Fsp3) is 0.444. The Bertz CT molecular complexity index is 1080. The van der Waals surface area contributed by atoms with Crippen LogP contribution in [-0.4, -0.2) is 53.7 Å². The summed E-state index contributed by atoms with van der Waals surface area (Å²) in [6.07, 6.45) is 2.12. The van der Waals surface area contributed by atoms with E-state index in [1.807, 2.05) is 31.2 Å². The van der Waals surface area contributed by atoms with Crippen molar-refractivity contribution in [3.05, 3.63) is 59.7 Å². The normalized spacial score (nSPS) is 22.4. The van der Waals surface area contributed by atoms with Gasteiger partial charge >= 0.3 is 12.1 Å². The van der Waals surface area contributed by atoms with E-state index >= 15 is 0 Å². The summed E-state index contributed by atoms with van der Waals surface area (Å²) < 4.78 is 5.61. The van der Waals surface area contributed by atoms with Gasteiger partial charge in [-0.05, 0) is 54.9 Å². The molecule has 0 spiro atoms. The first-order valence-corrected chi connectivity index (χ1v) is 12.0. The molecule has 5 rings (SSSR count). The number of hydrogen-bond acceptors (Lipinski definition) is 4. The van der Waals surface area contributed by atoms with Crippen LogP contribution in [0.1, 0.15) is 49.7 Å². The van der Waals surface area contributed by atoms with E-state index in [9.17, 15) is 19.5 Å². The first-order valence-electron chi connectivity index (χ1n) is 12.0. The molecule has 1 saturated carbocycles. The van der Waals surface area contributed by atoms with E-state index in [-0.39, 0.29) is 31.0 Å². The third-order valence-electron chi connectivity index (χ3n) is 7.79. The van der Waals surface area contributed by atoms with Crippen LogP contribution in [0.25, 0.3) is 11.1 Å². The lowest BCUT2D eigenvalue weighted by atomic mass is 9.88. The number of nitrogens with one attached hydrogen (secondary N) is 1. The molecule has 1 heterocycles. The number of hydrogen-bond donors (Lipinski definition) is 2. The quantitative estimate of drug-likeness (QED) is 0.676. The third kappa shape index (κ3) is 3.93. The molecule has 3 aliphatic rings. The monoisotopic (exact) mass is 462 g/mol. The number of alkyl carbamates (subject to hydrolysis) is 1. The fourth-order valence-electron chi connectivity index (χ4n) is 5.57. The van der Waals surface area contributed by atoms with Crippen molar-refractivity contribution in [1.82, 2.24) is 10.2 Å². The van der Waals surface area contributed by atoms with Crippen LogP contribution in [0.4, 0.5) is 4.79 Å². The molecular formula is C27H30N2O5. The van der Waals surface area contributed by atoms with Gasteiger partial charge < -0.3 is 20.1 Å². The number of carboxylic acids is 1. The molecule has 0 unspecified atom stereocenters. The van der Waals surface area contributed by atoms with Crippen molar-refractivity contribution >= 4 is 18.0 Å². The average molecular weight is 463 g/mol. The minimum absolute atomic E-state index is 0.0168. The molecule has 0 aromatic heterocycles. The number of fused-ring (bicyclic) bond motifs is 3. The lowest BCUT2D eigenvalue weighted by Gasteiger charge is -2.39. The average Bonchev–Trinajstić information content (AvgIpc) is 3.57. The van der Waals surface area contributed by atoms with Crippen molar-refractivity contribution < 1.29 is 24.2 Å². The molecule has 1 aliphatic heterocycles. The molecule has 34 heavy (non-hydrogen) atoms. The van der Waals surface area contributed by atoms with Crippen LogP contribution in [0.3, 0.4) is 0 Å². The fourth-order valence-corrected chi connectivity index (χ4v) is 5.57. The van der Waals surface area contributed by atoms with Gasteiger partial charge in [-0.2, -0.15) is 0 Å². The summed E-state index contributed by atoms with van der Waals surface area (Å²) in [7, 11) is 0. The van der Waals surface area contributed by atoms with Crippen LogP contribution < -0.4 is 5.32 Å². The summed E-state index contributed by atoms with van der Waals surface area (Å²) in [6.45, 7) is 2.81. The van der Waals surface area contributed by atoms with Crippen molar-refractivity contribution in [2.45, 2.75) is 44.6 Å². The van der Waals surface area contributed by atoms with Gasteiger partial charge in [0.15, 0.2) is 0 Å². The highest BCUT2D eigenvalue weighted by molar-refractivity contribution is 5.87. The molecule has 0 radical (unpaired) electrons. The van der Waals surface area contributed by atoms with Gasteiger partial charge in [0.2, 0.25) is 5.91 Å². The summed E-state index contributed by atoms with van der Waals surface area (Å²) in [5.74, 6) is -1.46. The molecule has 7 nitrogen and oxygen atoms in total. The third-order valence-corrected chi connectivity index (χ3v) is 7.79. The predicted molar refractivity (Wildman–Crippen MR) is 126 cm³/mol. The Morgan fingerprint density at radius 2 is 1.68 bits per heavy atom. The Labute approximate surface area is 199 Å². The van der Waals surface area contributed by atoms with Gasteiger partial charge in [-0.15, -0.1) is 0 Å². The largest absolute Gasteiger partial charge is 0.481 e. The maximum absolute atomic E-state index is 13.3. The van der Waals surface area contributed by atoms with Crippen LogP contribution in [0.15, 0.2) is 48.5 Å². The van der Waals surface area contributed by atoms with Gasteiger partial charge in [-0.1, -0.05) is 48.5 Å². The summed E-state index contributed by atoms with van der Waals surface area (Å²) in [4.78, 5) is 39.1. The maximum Gasteiger partial charge on any atom is 0.407 e. The van der Waals surface area contributed by atoms with E-state index in [2.05, 4.69) is 29.6 Å². The predicted octanol–water partition coefficient (Wildman–Crippen LogP) is 4.02. The topological polar surface area (TPSA) is 95.9 Å². The number of carbonyl (C=O) groups is 3. The van der Waals surface area contributed by atoms with Crippen molar-refractivity contribution in [3.8, 4) is 11.1 Å². The van der Waals surface area contributed by atoms with Gasteiger partial charge in [0.25, 0.3) is 0 Å². The number of carboxylic acid groups (broad SMARTS) is 1. The second kappa shape index (κ2) is 8.78. The zero-order valence-electron chi connectivity index (χ0n) is 19.3. The molecule has 2 fully saturated rings. The smallest absolute Gasteiger partial charge is 0.407 e. The number of nitrogens with zero attached hydrogens (tertiary/aromatic N) is 1. The van der Waals surface area contributed by atoms with Gasteiger partial charge in [-0.25, -0.2) is 4.79 Å². The zero-order chi connectivity index (χ0) is 23.9.